The molecule has 2 amide bonds. The Bertz CT molecular complexity index is 1120. The van der Waals surface area contributed by atoms with Gasteiger partial charge in [-0.3, -0.25) is 14.8 Å². The van der Waals surface area contributed by atoms with Crippen molar-refractivity contribution >= 4 is 38.7 Å². The number of rotatable bonds is 10. The van der Waals surface area contributed by atoms with Crippen molar-refractivity contribution in [1.82, 2.24) is 5.48 Å². The maximum absolute atomic E-state index is 13.1. The molecule has 0 unspecified atom stereocenters. The molecule has 1 aliphatic heterocycles. The summed E-state index contributed by atoms with van der Waals surface area (Å²) in [6.07, 6.45) is 3.37. The molecule has 9 nitrogen and oxygen atoms in total. The summed E-state index contributed by atoms with van der Waals surface area (Å²) < 4.78 is 24.9. The number of nitrogens with one attached hydrogen (secondary N) is 2. The number of unbranched alkanes of at least 4 members (excludes halogenated alkanes) is 1. The monoisotopic (exact) mass is 508 g/mol. The number of carbonyl (C=O) groups excluding carboxylic acids is 2. The topological polar surface area (TPSA) is 165 Å². The highest BCUT2D eigenvalue weighted by molar-refractivity contribution is 7.92. The third-order valence-corrected chi connectivity index (χ3v) is 10.2. The summed E-state index contributed by atoms with van der Waals surface area (Å²) in [7, 11) is -3.60. The van der Waals surface area contributed by atoms with Crippen LogP contribution in [0.5, 0.6) is 0 Å². The first-order valence-electron chi connectivity index (χ1n) is 11.3. The van der Waals surface area contributed by atoms with Gasteiger partial charge in [-0.15, -0.1) is 11.3 Å². The largest absolute Gasteiger partial charge is 0.330 e. The molecule has 2 aromatic rings. The quantitative estimate of drug-likeness (QED) is 0.187. The molecule has 3 rings (SSSR count). The first-order chi connectivity index (χ1) is 16.2. The molecule has 1 aliphatic rings. The minimum Gasteiger partial charge on any atom is -0.330 e. The predicted molar refractivity (Wildman–Crippen MR) is 133 cm³/mol. The van der Waals surface area contributed by atoms with E-state index >= 15 is 0 Å². The number of sulfone groups is 1. The van der Waals surface area contributed by atoms with Crippen LogP contribution in [0.1, 0.15) is 49.8 Å². The maximum atomic E-state index is 13.1. The zero-order chi connectivity index (χ0) is 24.8. The Morgan fingerprint density at radius 3 is 2.68 bits per heavy atom. The summed E-state index contributed by atoms with van der Waals surface area (Å²) in [5.74, 6) is -0.998. The van der Waals surface area contributed by atoms with Crippen LogP contribution in [0.2, 0.25) is 0 Å². The number of nitrogens with two attached hydrogens (primary N) is 2. The second kappa shape index (κ2) is 11.4. The summed E-state index contributed by atoms with van der Waals surface area (Å²) in [6.45, 7) is 0.562. The molecule has 0 saturated carbocycles. The average molecular weight is 509 g/mol. The van der Waals surface area contributed by atoms with Crippen molar-refractivity contribution in [3.05, 3.63) is 41.3 Å². The van der Waals surface area contributed by atoms with Crippen molar-refractivity contribution in [2.24, 2.45) is 11.5 Å². The van der Waals surface area contributed by atoms with Crippen LogP contribution in [-0.4, -0.2) is 43.8 Å². The van der Waals surface area contributed by atoms with Gasteiger partial charge in [-0.05, 0) is 62.1 Å². The number of benzene rings is 1. The molecule has 34 heavy (non-hydrogen) atoms. The van der Waals surface area contributed by atoms with Crippen molar-refractivity contribution in [2.45, 2.75) is 55.7 Å². The summed E-state index contributed by atoms with van der Waals surface area (Å²) in [4.78, 5) is 25.8. The average Bonchev–Trinajstić information content (AvgIpc) is 3.31. The van der Waals surface area contributed by atoms with Gasteiger partial charge in [-0.2, -0.15) is 0 Å². The van der Waals surface area contributed by atoms with Crippen molar-refractivity contribution in [2.75, 3.05) is 17.6 Å². The van der Waals surface area contributed by atoms with Crippen LogP contribution in [0.4, 0.5) is 5.69 Å². The van der Waals surface area contributed by atoms with Crippen LogP contribution in [0.15, 0.2) is 36.4 Å². The highest BCUT2D eigenvalue weighted by Gasteiger charge is 2.49. The van der Waals surface area contributed by atoms with Crippen LogP contribution in [0.25, 0.3) is 10.4 Å². The summed E-state index contributed by atoms with van der Waals surface area (Å²) in [5.41, 5.74) is 14.4. The molecule has 1 aromatic carbocycles. The van der Waals surface area contributed by atoms with Gasteiger partial charge in [-0.25, -0.2) is 13.9 Å². The summed E-state index contributed by atoms with van der Waals surface area (Å²) >= 11 is 1.30. The Kier molecular flexibility index (Phi) is 8.83. The second-order valence-electron chi connectivity index (χ2n) is 8.61. The van der Waals surface area contributed by atoms with E-state index in [1.54, 1.807) is 23.7 Å². The molecule has 1 aromatic heterocycles. The number of hydrogen-bond donors (Lipinski definition) is 5. The first-order valence-corrected chi connectivity index (χ1v) is 13.8. The fourth-order valence-corrected chi connectivity index (χ4v) is 8.05. The molecule has 0 bridgehead atoms. The number of hydroxylamine groups is 1. The first kappa shape index (κ1) is 26.3. The Balaban J connectivity index is 1.84. The molecule has 11 heteroatoms. The van der Waals surface area contributed by atoms with Crippen LogP contribution in [-0.2, 0) is 24.2 Å². The van der Waals surface area contributed by atoms with E-state index in [0.717, 1.165) is 23.3 Å². The molecular formula is C23H32N4O5S2. The summed E-state index contributed by atoms with van der Waals surface area (Å²) in [5, 5.41) is 11.9. The van der Waals surface area contributed by atoms with E-state index in [2.05, 4.69) is 5.32 Å². The van der Waals surface area contributed by atoms with E-state index in [4.69, 9.17) is 16.7 Å². The molecule has 0 aliphatic carbocycles. The lowest BCUT2D eigenvalue weighted by Crippen LogP contribution is -2.43. The Labute approximate surface area is 203 Å². The molecule has 1 saturated heterocycles. The minimum absolute atomic E-state index is 0.00595. The Morgan fingerprint density at radius 1 is 1.18 bits per heavy atom. The lowest BCUT2D eigenvalue weighted by molar-refractivity contribution is -0.130. The molecule has 7 N–H and O–H groups in total. The molecular weight excluding hydrogens is 476 g/mol. The standard InChI is InChI=1S/C23H32N4O5S2/c24-12-3-1-8-18(25)22(29)26-17-7-5-6-16(14-17)19-9-10-20(33-19)23(15-21(28)27-30)11-2-4-13-34(23,31)32/h5-7,9-10,14,18,30H,1-4,8,11-13,15,24-25H2,(H,26,29)(H,27,28)/t18-,23-/m0/s1. The molecule has 0 spiro atoms. The molecule has 2 heterocycles. The number of amides is 2. The third-order valence-electron chi connectivity index (χ3n) is 6.19. The van der Waals surface area contributed by atoms with E-state index in [9.17, 15) is 18.0 Å². The van der Waals surface area contributed by atoms with Gasteiger partial charge in [0.05, 0.1) is 18.2 Å². The highest BCUT2D eigenvalue weighted by atomic mass is 32.2. The molecule has 1 fully saturated rings. The van der Waals surface area contributed by atoms with E-state index < -0.39 is 26.5 Å². The zero-order valence-corrected chi connectivity index (χ0v) is 20.6. The minimum atomic E-state index is -3.60. The Hall–Kier alpha value is -2.31. The fourth-order valence-electron chi connectivity index (χ4n) is 4.28. The SMILES string of the molecule is NCCCC[C@H](N)C(=O)Nc1cccc(-c2ccc([C@@]3(CC(=O)NO)CCCCS3(=O)=O)s2)c1. The Morgan fingerprint density at radius 2 is 1.97 bits per heavy atom. The van der Waals surface area contributed by atoms with E-state index in [1.807, 2.05) is 18.2 Å². The van der Waals surface area contributed by atoms with E-state index in [1.165, 1.54) is 11.3 Å². The second-order valence-corrected chi connectivity index (χ2v) is 12.1. The van der Waals surface area contributed by atoms with Gasteiger partial charge >= 0.3 is 0 Å². The van der Waals surface area contributed by atoms with Crippen LogP contribution in [0, 0.1) is 0 Å². The van der Waals surface area contributed by atoms with Crippen molar-refractivity contribution < 1.29 is 23.2 Å². The summed E-state index contributed by atoms with van der Waals surface area (Å²) in [6, 6.07) is 10.2. The molecule has 186 valence electrons. The number of anilines is 1. The lowest BCUT2D eigenvalue weighted by Gasteiger charge is -2.35. The number of carbonyl (C=O) groups is 2. The molecule has 0 radical (unpaired) electrons. The highest BCUT2D eigenvalue weighted by Crippen LogP contribution is 2.47. The van der Waals surface area contributed by atoms with Crippen molar-refractivity contribution in [1.29, 1.82) is 0 Å². The fraction of sp³-hybridized carbons (Fsp3) is 0.478. The lowest BCUT2D eigenvalue weighted by atomic mass is 9.94. The van der Waals surface area contributed by atoms with Crippen LogP contribution < -0.4 is 22.3 Å². The van der Waals surface area contributed by atoms with Gasteiger partial charge in [0.2, 0.25) is 11.8 Å². The van der Waals surface area contributed by atoms with Gasteiger partial charge in [0.25, 0.3) is 0 Å². The van der Waals surface area contributed by atoms with Gasteiger partial charge in [0.15, 0.2) is 9.84 Å². The van der Waals surface area contributed by atoms with E-state index in [-0.39, 0.29) is 18.1 Å². The number of hydrogen-bond acceptors (Lipinski definition) is 8. The third kappa shape index (κ3) is 5.84. The van der Waals surface area contributed by atoms with Gasteiger partial charge in [0.1, 0.15) is 4.75 Å². The van der Waals surface area contributed by atoms with Crippen LogP contribution >= 0.6 is 11.3 Å². The zero-order valence-electron chi connectivity index (χ0n) is 19.0. The van der Waals surface area contributed by atoms with Crippen molar-refractivity contribution in [3.8, 4) is 10.4 Å². The normalized spacial score (nSPS) is 20.4. The maximum Gasteiger partial charge on any atom is 0.245 e. The van der Waals surface area contributed by atoms with Crippen molar-refractivity contribution in [3.63, 3.8) is 0 Å². The molecule has 2 atom stereocenters. The van der Waals surface area contributed by atoms with Gasteiger partial charge in [0, 0.05) is 15.4 Å². The predicted octanol–water partition coefficient (Wildman–Crippen LogP) is 2.50. The van der Waals surface area contributed by atoms with Gasteiger partial charge < -0.3 is 16.8 Å². The van der Waals surface area contributed by atoms with Gasteiger partial charge in [-0.1, -0.05) is 25.0 Å². The van der Waals surface area contributed by atoms with E-state index in [0.29, 0.717) is 42.8 Å². The smallest absolute Gasteiger partial charge is 0.245 e. The number of thiophene rings is 1. The van der Waals surface area contributed by atoms with Crippen LogP contribution in [0.3, 0.4) is 0 Å².